The van der Waals surface area contributed by atoms with Crippen LogP contribution in [0.2, 0.25) is 0 Å². The first-order chi connectivity index (χ1) is 10.5. The van der Waals surface area contributed by atoms with Crippen LogP contribution in [0.15, 0.2) is 53.0 Å². The zero-order valence-corrected chi connectivity index (χ0v) is 14.0. The van der Waals surface area contributed by atoms with Gasteiger partial charge in [0.1, 0.15) is 12.4 Å². The van der Waals surface area contributed by atoms with Crippen molar-refractivity contribution in [2.45, 2.75) is 13.1 Å². The number of quaternary nitrogens is 1. The molecule has 2 aromatic carbocycles. The van der Waals surface area contributed by atoms with E-state index in [2.05, 4.69) is 21.2 Å². The molecule has 0 radical (unpaired) electrons. The molecule has 22 heavy (non-hydrogen) atoms. The van der Waals surface area contributed by atoms with E-state index in [0.717, 1.165) is 21.5 Å². The van der Waals surface area contributed by atoms with Gasteiger partial charge >= 0.3 is 0 Å². The topological polar surface area (TPSA) is 33.5 Å². The Morgan fingerprint density at radius 1 is 1.09 bits per heavy atom. The molecule has 5 heteroatoms. The number of hydrogen-bond acceptors (Lipinski definition) is 1. The lowest BCUT2D eigenvalue weighted by Gasteiger charge is -2.14. The van der Waals surface area contributed by atoms with Crippen molar-refractivity contribution in [1.82, 2.24) is 5.32 Å². The number of amides is 1. The van der Waals surface area contributed by atoms with Gasteiger partial charge in [-0.05, 0) is 29.8 Å². The highest BCUT2D eigenvalue weighted by Crippen LogP contribution is 2.09. The van der Waals surface area contributed by atoms with E-state index in [-0.39, 0.29) is 11.7 Å². The van der Waals surface area contributed by atoms with E-state index in [9.17, 15) is 9.18 Å². The van der Waals surface area contributed by atoms with Crippen LogP contribution in [0.5, 0.6) is 0 Å². The fraction of sp³-hybridized carbons (Fsp3) is 0.235. The van der Waals surface area contributed by atoms with Crippen molar-refractivity contribution < 1.29 is 14.1 Å². The molecule has 116 valence electrons. The monoisotopic (exact) mass is 365 g/mol. The fourth-order valence-electron chi connectivity index (χ4n) is 2.15. The smallest absolute Gasteiger partial charge is 0.275 e. The number of nitrogens with one attached hydrogen (secondary N) is 2. The van der Waals surface area contributed by atoms with E-state index in [1.165, 1.54) is 17.7 Å². The molecule has 0 aliphatic rings. The predicted octanol–water partition coefficient (Wildman–Crippen LogP) is 1.92. The van der Waals surface area contributed by atoms with Gasteiger partial charge in [-0.3, -0.25) is 4.79 Å². The van der Waals surface area contributed by atoms with Gasteiger partial charge in [0.15, 0.2) is 6.54 Å². The summed E-state index contributed by atoms with van der Waals surface area (Å²) in [6.45, 7) is 1.61. The Bertz CT molecular complexity index is 614. The standard InChI is InChI=1S/C17H18BrFN2O/c1-21(11-14-2-6-15(18)7-3-14)12-17(22)20-10-13-4-8-16(19)9-5-13/h2-9H,10-12H2,1H3,(H,20,22)/p+1. The van der Waals surface area contributed by atoms with E-state index in [0.29, 0.717) is 13.1 Å². The molecule has 0 fully saturated rings. The van der Waals surface area contributed by atoms with Gasteiger partial charge in [0.25, 0.3) is 5.91 Å². The number of benzene rings is 2. The lowest BCUT2D eigenvalue weighted by molar-refractivity contribution is -0.885. The van der Waals surface area contributed by atoms with Crippen LogP contribution in [0.4, 0.5) is 4.39 Å². The number of likely N-dealkylation sites (N-methyl/N-ethyl adjacent to an activating group) is 1. The summed E-state index contributed by atoms with van der Waals surface area (Å²) in [6, 6.07) is 14.2. The second-order valence-electron chi connectivity index (χ2n) is 5.34. The van der Waals surface area contributed by atoms with Gasteiger partial charge in [0.05, 0.1) is 7.05 Å². The predicted molar refractivity (Wildman–Crippen MR) is 87.8 cm³/mol. The van der Waals surface area contributed by atoms with E-state index in [1.54, 1.807) is 12.1 Å². The molecule has 0 heterocycles. The van der Waals surface area contributed by atoms with Gasteiger partial charge in [0, 0.05) is 16.6 Å². The molecule has 0 aliphatic carbocycles. The highest BCUT2D eigenvalue weighted by atomic mass is 79.9. The van der Waals surface area contributed by atoms with Crippen LogP contribution in [0.25, 0.3) is 0 Å². The van der Waals surface area contributed by atoms with E-state index in [4.69, 9.17) is 0 Å². The maximum Gasteiger partial charge on any atom is 0.275 e. The highest BCUT2D eigenvalue weighted by molar-refractivity contribution is 9.10. The minimum Gasteiger partial charge on any atom is -0.347 e. The van der Waals surface area contributed by atoms with Crippen molar-refractivity contribution >= 4 is 21.8 Å². The maximum atomic E-state index is 12.8. The van der Waals surface area contributed by atoms with Crippen molar-refractivity contribution in [3.05, 3.63) is 69.9 Å². The first kappa shape index (κ1) is 16.6. The summed E-state index contributed by atoms with van der Waals surface area (Å²) in [4.78, 5) is 13.0. The number of carbonyl (C=O) groups excluding carboxylic acids is 1. The average molecular weight is 366 g/mol. The summed E-state index contributed by atoms with van der Waals surface area (Å²) >= 11 is 3.40. The Kier molecular flexibility index (Phi) is 6.10. The third kappa shape index (κ3) is 5.58. The number of carbonyl (C=O) groups is 1. The molecular formula is C17H19BrFN2O+. The van der Waals surface area contributed by atoms with E-state index >= 15 is 0 Å². The van der Waals surface area contributed by atoms with Crippen LogP contribution in [-0.2, 0) is 17.9 Å². The van der Waals surface area contributed by atoms with E-state index < -0.39 is 0 Å². The van der Waals surface area contributed by atoms with Gasteiger partial charge < -0.3 is 10.2 Å². The minimum absolute atomic E-state index is 0.0149. The molecule has 0 saturated carbocycles. The summed E-state index contributed by atoms with van der Waals surface area (Å²) in [7, 11) is 1.99. The first-order valence-electron chi connectivity index (χ1n) is 7.10. The Labute approximate surface area is 138 Å². The highest BCUT2D eigenvalue weighted by Gasteiger charge is 2.10. The lowest BCUT2D eigenvalue weighted by atomic mass is 10.2. The Hall–Kier alpha value is -1.72. The third-order valence-corrected chi connectivity index (χ3v) is 3.81. The van der Waals surface area contributed by atoms with Crippen LogP contribution >= 0.6 is 15.9 Å². The summed E-state index contributed by atoms with van der Waals surface area (Å²) in [5.74, 6) is -0.285. The maximum absolute atomic E-state index is 12.8. The molecule has 2 aromatic rings. The van der Waals surface area contributed by atoms with Crippen LogP contribution in [0.1, 0.15) is 11.1 Å². The largest absolute Gasteiger partial charge is 0.347 e. The Balaban J connectivity index is 1.76. The van der Waals surface area contributed by atoms with Gasteiger partial charge in [-0.25, -0.2) is 4.39 Å². The molecule has 0 aromatic heterocycles. The van der Waals surface area contributed by atoms with Gasteiger partial charge in [-0.15, -0.1) is 0 Å². The summed E-state index contributed by atoms with van der Waals surface area (Å²) in [5.41, 5.74) is 2.08. The van der Waals surface area contributed by atoms with Crippen LogP contribution in [0.3, 0.4) is 0 Å². The third-order valence-electron chi connectivity index (χ3n) is 3.28. The number of halogens is 2. The lowest BCUT2D eigenvalue weighted by Crippen LogP contribution is -3.08. The zero-order chi connectivity index (χ0) is 15.9. The molecular weight excluding hydrogens is 347 g/mol. The van der Waals surface area contributed by atoms with E-state index in [1.807, 2.05) is 31.3 Å². The number of hydrogen-bond donors (Lipinski definition) is 2. The van der Waals surface area contributed by atoms with Gasteiger partial charge in [-0.1, -0.05) is 40.2 Å². The summed E-state index contributed by atoms with van der Waals surface area (Å²) in [5, 5.41) is 2.85. The summed E-state index contributed by atoms with van der Waals surface area (Å²) < 4.78 is 13.8. The molecule has 1 unspecified atom stereocenters. The molecule has 0 bridgehead atoms. The Morgan fingerprint density at radius 2 is 1.68 bits per heavy atom. The minimum atomic E-state index is -0.270. The SMILES string of the molecule is C[NH+](CC(=O)NCc1ccc(F)cc1)Cc1ccc(Br)cc1. The van der Waals surface area contributed by atoms with Crippen molar-refractivity contribution in [2.75, 3.05) is 13.6 Å². The molecule has 0 saturated heterocycles. The first-order valence-corrected chi connectivity index (χ1v) is 7.89. The molecule has 0 spiro atoms. The molecule has 2 rings (SSSR count). The van der Waals surface area contributed by atoms with Crippen molar-refractivity contribution in [2.24, 2.45) is 0 Å². The molecule has 1 atom stereocenters. The average Bonchev–Trinajstić information content (AvgIpc) is 2.49. The summed E-state index contributed by atoms with van der Waals surface area (Å²) in [6.07, 6.45) is 0. The molecule has 2 N–H and O–H groups in total. The fourth-order valence-corrected chi connectivity index (χ4v) is 2.42. The van der Waals surface area contributed by atoms with Crippen molar-refractivity contribution in [3.8, 4) is 0 Å². The molecule has 1 amide bonds. The van der Waals surface area contributed by atoms with Gasteiger partial charge in [-0.2, -0.15) is 0 Å². The normalized spacial score (nSPS) is 12.0. The quantitative estimate of drug-likeness (QED) is 0.805. The van der Waals surface area contributed by atoms with Crippen LogP contribution in [-0.4, -0.2) is 19.5 Å². The molecule has 0 aliphatic heterocycles. The van der Waals surface area contributed by atoms with Crippen molar-refractivity contribution in [1.29, 1.82) is 0 Å². The second kappa shape index (κ2) is 8.06. The van der Waals surface area contributed by atoms with Gasteiger partial charge in [0.2, 0.25) is 0 Å². The van der Waals surface area contributed by atoms with Crippen molar-refractivity contribution in [3.63, 3.8) is 0 Å². The Morgan fingerprint density at radius 3 is 2.32 bits per heavy atom. The van der Waals surface area contributed by atoms with Crippen LogP contribution in [0, 0.1) is 5.82 Å². The number of rotatable bonds is 6. The second-order valence-corrected chi connectivity index (χ2v) is 6.26. The van der Waals surface area contributed by atoms with Crippen LogP contribution < -0.4 is 10.2 Å². The molecule has 3 nitrogen and oxygen atoms in total. The zero-order valence-electron chi connectivity index (χ0n) is 12.4.